The third kappa shape index (κ3) is 3.02. The van der Waals surface area contributed by atoms with Crippen LogP contribution in [0.15, 0.2) is 40.4 Å². The third-order valence-electron chi connectivity index (χ3n) is 3.00. The van der Waals surface area contributed by atoms with Gasteiger partial charge in [0.15, 0.2) is 15.4 Å². The second kappa shape index (κ2) is 5.66. The van der Waals surface area contributed by atoms with Crippen LogP contribution >= 0.6 is 0 Å². The Morgan fingerprint density at radius 3 is 2.05 bits per heavy atom. The minimum Gasteiger partial charge on any atom is -0.345 e. The first kappa shape index (κ1) is 14.6. The number of sulfone groups is 1. The highest BCUT2D eigenvalue weighted by atomic mass is 32.2. The Bertz CT molecular complexity index is 798. The molecule has 1 aliphatic rings. The summed E-state index contributed by atoms with van der Waals surface area (Å²) in [4.78, 5) is 0.235. The summed E-state index contributed by atoms with van der Waals surface area (Å²) < 4.78 is 24.0. The molecule has 1 N–H and O–H groups in total. The highest BCUT2D eigenvalue weighted by molar-refractivity contribution is 7.92. The van der Waals surface area contributed by atoms with Crippen LogP contribution in [0.1, 0.15) is 12.8 Å². The van der Waals surface area contributed by atoms with Gasteiger partial charge in [0, 0.05) is 5.69 Å². The minimum absolute atomic E-state index is 0.169. The summed E-state index contributed by atoms with van der Waals surface area (Å²) >= 11 is 0. The van der Waals surface area contributed by atoms with E-state index in [2.05, 4.69) is 5.32 Å². The summed E-state index contributed by atoms with van der Waals surface area (Å²) in [6.07, 6.45) is 1.38. The van der Waals surface area contributed by atoms with Crippen LogP contribution < -0.4 is 5.32 Å². The summed E-state index contributed by atoms with van der Waals surface area (Å²) in [5, 5.41) is 28.7. The molecule has 0 radical (unpaired) electrons. The molecule has 1 aromatic carbocycles. The van der Waals surface area contributed by atoms with Crippen molar-refractivity contribution in [3.05, 3.63) is 35.5 Å². The van der Waals surface area contributed by atoms with Crippen molar-refractivity contribution in [2.45, 2.75) is 23.0 Å². The fourth-order valence-corrected chi connectivity index (χ4v) is 3.38. The Labute approximate surface area is 122 Å². The number of hydrogen-bond acceptors (Lipinski definition) is 6. The second-order valence-electron chi connectivity index (χ2n) is 4.48. The van der Waals surface area contributed by atoms with Crippen LogP contribution in [0.2, 0.25) is 0 Å². The molecule has 1 aromatic rings. The molecule has 7 heteroatoms. The Kier molecular flexibility index (Phi) is 3.93. The number of anilines is 1. The van der Waals surface area contributed by atoms with Gasteiger partial charge in [-0.2, -0.15) is 15.8 Å². The zero-order chi connectivity index (χ0) is 15.5. The number of allylic oxidation sites excluding steroid dienone is 2. The van der Waals surface area contributed by atoms with E-state index < -0.39 is 9.84 Å². The van der Waals surface area contributed by atoms with E-state index in [4.69, 9.17) is 15.8 Å². The van der Waals surface area contributed by atoms with Gasteiger partial charge in [-0.15, -0.1) is 0 Å². The van der Waals surface area contributed by atoms with Crippen molar-refractivity contribution in [2.75, 3.05) is 5.32 Å². The van der Waals surface area contributed by atoms with Crippen LogP contribution in [-0.2, 0) is 9.84 Å². The van der Waals surface area contributed by atoms with Gasteiger partial charge in [0.25, 0.3) is 0 Å². The molecule has 0 unspecified atom stereocenters. The van der Waals surface area contributed by atoms with E-state index >= 15 is 0 Å². The van der Waals surface area contributed by atoms with Gasteiger partial charge in [-0.3, -0.25) is 0 Å². The molecule has 0 saturated heterocycles. The summed E-state index contributed by atoms with van der Waals surface area (Å²) in [7, 11) is -3.25. The normalized spacial score (nSPS) is 13.4. The van der Waals surface area contributed by atoms with Crippen LogP contribution in [-0.4, -0.2) is 13.7 Å². The molecule has 0 heterocycles. The van der Waals surface area contributed by atoms with Crippen molar-refractivity contribution < 1.29 is 8.42 Å². The SMILES string of the molecule is N#CC(C#N)=C(C#N)Nc1ccc(S(=O)(=O)C2CC2)cc1. The minimum atomic E-state index is -3.25. The molecule has 0 aromatic heterocycles. The summed E-state index contributed by atoms with van der Waals surface area (Å²) in [6.45, 7) is 0. The fourth-order valence-electron chi connectivity index (χ4n) is 1.73. The molecular formula is C14H10N4O2S. The number of rotatable bonds is 4. The highest BCUT2D eigenvalue weighted by Crippen LogP contribution is 2.33. The quantitative estimate of drug-likeness (QED) is 0.848. The number of hydrogen-bond donors (Lipinski definition) is 1. The van der Waals surface area contributed by atoms with E-state index in [1.807, 2.05) is 0 Å². The molecule has 6 nitrogen and oxygen atoms in total. The summed E-state index contributed by atoms with van der Waals surface area (Å²) in [6, 6.07) is 10.9. The number of nitriles is 3. The lowest BCUT2D eigenvalue weighted by Crippen LogP contribution is -2.07. The Hall–Kier alpha value is -2.82. The van der Waals surface area contributed by atoms with E-state index in [-0.39, 0.29) is 21.4 Å². The molecule has 0 bridgehead atoms. The molecule has 1 aliphatic carbocycles. The lowest BCUT2D eigenvalue weighted by Gasteiger charge is -2.06. The zero-order valence-corrected chi connectivity index (χ0v) is 11.7. The van der Waals surface area contributed by atoms with Gasteiger partial charge in [-0.1, -0.05) is 0 Å². The van der Waals surface area contributed by atoms with E-state index in [0.29, 0.717) is 18.5 Å². The lowest BCUT2D eigenvalue weighted by molar-refractivity contribution is 0.595. The maximum atomic E-state index is 12.0. The van der Waals surface area contributed by atoms with Gasteiger partial charge in [0.1, 0.15) is 23.9 Å². The van der Waals surface area contributed by atoms with Crippen molar-refractivity contribution in [1.29, 1.82) is 15.8 Å². The van der Waals surface area contributed by atoms with Crippen molar-refractivity contribution in [3.63, 3.8) is 0 Å². The predicted molar refractivity (Wildman–Crippen MR) is 74.1 cm³/mol. The van der Waals surface area contributed by atoms with Crippen molar-refractivity contribution in [2.24, 2.45) is 0 Å². The maximum absolute atomic E-state index is 12.0. The number of nitrogens with zero attached hydrogens (tertiary/aromatic N) is 3. The molecule has 0 aliphatic heterocycles. The van der Waals surface area contributed by atoms with Crippen LogP contribution in [0.3, 0.4) is 0 Å². The number of benzene rings is 1. The largest absolute Gasteiger partial charge is 0.345 e. The number of nitrogens with one attached hydrogen (secondary N) is 1. The summed E-state index contributed by atoms with van der Waals surface area (Å²) in [5.74, 6) is 0. The first-order valence-corrected chi connectivity index (χ1v) is 7.63. The lowest BCUT2D eigenvalue weighted by atomic mass is 10.2. The fraction of sp³-hybridized carbons (Fsp3) is 0.214. The third-order valence-corrected chi connectivity index (χ3v) is 5.28. The van der Waals surface area contributed by atoms with E-state index in [1.165, 1.54) is 24.3 Å². The maximum Gasteiger partial charge on any atom is 0.181 e. The molecule has 1 fully saturated rings. The van der Waals surface area contributed by atoms with Crippen LogP contribution in [0, 0.1) is 34.0 Å². The van der Waals surface area contributed by atoms with Crippen molar-refractivity contribution in [3.8, 4) is 18.2 Å². The standard InChI is InChI=1S/C14H10N4O2S/c15-7-10(8-16)14(9-17)18-11-1-3-12(4-2-11)21(19,20)13-5-6-13/h1-4,13,18H,5-6H2. The zero-order valence-electron chi connectivity index (χ0n) is 10.9. The van der Waals surface area contributed by atoms with E-state index in [1.54, 1.807) is 18.2 Å². The predicted octanol–water partition coefficient (Wildman–Crippen LogP) is 1.86. The van der Waals surface area contributed by atoms with E-state index in [0.717, 1.165) is 0 Å². The van der Waals surface area contributed by atoms with Crippen molar-refractivity contribution in [1.82, 2.24) is 0 Å². The topological polar surface area (TPSA) is 118 Å². The van der Waals surface area contributed by atoms with Gasteiger partial charge in [0.05, 0.1) is 10.1 Å². The highest BCUT2D eigenvalue weighted by Gasteiger charge is 2.36. The molecule has 2 rings (SSSR count). The van der Waals surface area contributed by atoms with Crippen LogP contribution in [0.5, 0.6) is 0 Å². The molecule has 1 saturated carbocycles. The Morgan fingerprint density at radius 2 is 1.62 bits per heavy atom. The van der Waals surface area contributed by atoms with Crippen LogP contribution in [0.4, 0.5) is 5.69 Å². The monoisotopic (exact) mass is 298 g/mol. The van der Waals surface area contributed by atoms with Gasteiger partial charge in [0.2, 0.25) is 0 Å². The first-order chi connectivity index (χ1) is 10.0. The Morgan fingerprint density at radius 1 is 1.05 bits per heavy atom. The molecule has 0 amide bonds. The van der Waals surface area contributed by atoms with Gasteiger partial charge in [-0.05, 0) is 37.1 Å². The van der Waals surface area contributed by atoms with Gasteiger partial charge in [-0.25, -0.2) is 8.42 Å². The average Bonchev–Trinajstić information content (AvgIpc) is 3.33. The molecule has 0 spiro atoms. The van der Waals surface area contributed by atoms with Crippen molar-refractivity contribution >= 4 is 15.5 Å². The molecule has 21 heavy (non-hydrogen) atoms. The molecule has 0 atom stereocenters. The molecule has 104 valence electrons. The van der Waals surface area contributed by atoms with Gasteiger partial charge < -0.3 is 5.32 Å². The Balaban J connectivity index is 2.25. The van der Waals surface area contributed by atoms with Crippen LogP contribution in [0.25, 0.3) is 0 Å². The summed E-state index contributed by atoms with van der Waals surface area (Å²) in [5.41, 5.74) is -0.0609. The van der Waals surface area contributed by atoms with E-state index in [9.17, 15) is 8.42 Å². The average molecular weight is 298 g/mol. The molecular weight excluding hydrogens is 288 g/mol. The smallest absolute Gasteiger partial charge is 0.181 e. The van der Waals surface area contributed by atoms with Gasteiger partial charge >= 0.3 is 0 Å². The first-order valence-electron chi connectivity index (χ1n) is 6.08. The second-order valence-corrected chi connectivity index (χ2v) is 6.71.